The van der Waals surface area contributed by atoms with Crippen molar-refractivity contribution in [2.24, 2.45) is 0 Å². The molecule has 1 heterocycles. The van der Waals surface area contributed by atoms with Crippen molar-refractivity contribution >= 4 is 5.91 Å². The van der Waals surface area contributed by atoms with Crippen LogP contribution in [0.1, 0.15) is 41.0 Å². The number of nitrogens with zero attached hydrogens (tertiary/aromatic N) is 2. The lowest BCUT2D eigenvalue weighted by atomic mass is 10.1. The van der Waals surface area contributed by atoms with Crippen molar-refractivity contribution in [2.75, 3.05) is 7.05 Å². The summed E-state index contributed by atoms with van der Waals surface area (Å²) in [6.45, 7) is 7.65. The van der Waals surface area contributed by atoms with Crippen LogP contribution < -0.4 is 5.32 Å². The lowest BCUT2D eigenvalue weighted by molar-refractivity contribution is 0.0950. The molecule has 4 nitrogen and oxygen atoms in total. The molecule has 0 unspecified atom stereocenters. The summed E-state index contributed by atoms with van der Waals surface area (Å²) in [6.07, 6.45) is 1.61. The highest BCUT2D eigenvalue weighted by atomic mass is 16.1. The van der Waals surface area contributed by atoms with Crippen LogP contribution in [0, 0.1) is 6.92 Å². The van der Waals surface area contributed by atoms with Gasteiger partial charge in [0.1, 0.15) is 0 Å². The monoisotopic (exact) mass is 311 g/mol. The summed E-state index contributed by atoms with van der Waals surface area (Å²) in [5, 5.41) is 2.98. The van der Waals surface area contributed by atoms with Crippen LogP contribution in [-0.2, 0) is 13.1 Å². The molecule has 23 heavy (non-hydrogen) atoms. The van der Waals surface area contributed by atoms with E-state index in [1.807, 2.05) is 25.1 Å². The maximum absolute atomic E-state index is 12.2. The number of aromatic nitrogens is 1. The standard InChI is InChI=1S/C19H25N3O/c1-14(2)22(4)13-18-8-6-5-7-16(18)11-21-19(23)17-10-9-15(3)20-12-17/h5-10,12,14H,11,13H2,1-4H3,(H,21,23). The van der Waals surface area contributed by atoms with Crippen LogP contribution in [0.4, 0.5) is 0 Å². The zero-order valence-electron chi connectivity index (χ0n) is 14.3. The fourth-order valence-electron chi connectivity index (χ4n) is 2.22. The van der Waals surface area contributed by atoms with E-state index in [4.69, 9.17) is 0 Å². The molecule has 0 aliphatic heterocycles. The molecule has 2 rings (SSSR count). The second-order valence-electron chi connectivity index (χ2n) is 6.15. The Kier molecular flexibility index (Phi) is 5.88. The lowest BCUT2D eigenvalue weighted by Crippen LogP contribution is -2.27. The van der Waals surface area contributed by atoms with Crippen molar-refractivity contribution in [1.29, 1.82) is 0 Å². The molecule has 0 saturated heterocycles. The van der Waals surface area contributed by atoms with Gasteiger partial charge in [-0.1, -0.05) is 24.3 Å². The van der Waals surface area contributed by atoms with Gasteiger partial charge in [0.05, 0.1) is 5.56 Å². The quantitative estimate of drug-likeness (QED) is 0.891. The van der Waals surface area contributed by atoms with E-state index in [0.717, 1.165) is 17.8 Å². The number of benzene rings is 1. The Labute approximate surface area is 138 Å². The van der Waals surface area contributed by atoms with Gasteiger partial charge in [0.25, 0.3) is 5.91 Å². The molecule has 122 valence electrons. The van der Waals surface area contributed by atoms with E-state index in [0.29, 0.717) is 18.2 Å². The molecule has 4 heteroatoms. The summed E-state index contributed by atoms with van der Waals surface area (Å²) in [6, 6.07) is 12.4. The van der Waals surface area contributed by atoms with Gasteiger partial charge in [0.15, 0.2) is 0 Å². The van der Waals surface area contributed by atoms with E-state index < -0.39 is 0 Å². The van der Waals surface area contributed by atoms with E-state index in [2.05, 4.69) is 48.2 Å². The Balaban J connectivity index is 2.03. The molecule has 0 aliphatic carbocycles. The van der Waals surface area contributed by atoms with Crippen molar-refractivity contribution < 1.29 is 4.79 Å². The maximum Gasteiger partial charge on any atom is 0.253 e. The highest BCUT2D eigenvalue weighted by Gasteiger charge is 2.10. The Morgan fingerprint density at radius 3 is 2.48 bits per heavy atom. The zero-order chi connectivity index (χ0) is 16.8. The first-order valence-electron chi connectivity index (χ1n) is 7.95. The van der Waals surface area contributed by atoms with E-state index in [1.165, 1.54) is 5.56 Å². The minimum Gasteiger partial charge on any atom is -0.348 e. The van der Waals surface area contributed by atoms with E-state index in [9.17, 15) is 4.79 Å². The molecule has 1 amide bonds. The molecular weight excluding hydrogens is 286 g/mol. The smallest absolute Gasteiger partial charge is 0.253 e. The molecular formula is C19H25N3O. The summed E-state index contributed by atoms with van der Waals surface area (Å²) in [7, 11) is 2.11. The predicted molar refractivity (Wildman–Crippen MR) is 93.2 cm³/mol. The number of amides is 1. The van der Waals surface area contributed by atoms with E-state index in [-0.39, 0.29) is 5.91 Å². The van der Waals surface area contributed by atoms with Crippen LogP contribution in [0.15, 0.2) is 42.6 Å². The summed E-state index contributed by atoms with van der Waals surface area (Å²) in [5.41, 5.74) is 3.88. The summed E-state index contributed by atoms with van der Waals surface area (Å²) in [5.74, 6) is -0.0930. The predicted octanol–water partition coefficient (Wildman–Crippen LogP) is 3.16. The summed E-state index contributed by atoms with van der Waals surface area (Å²) >= 11 is 0. The maximum atomic E-state index is 12.2. The first-order chi connectivity index (χ1) is 11.0. The van der Waals surface area contributed by atoms with Crippen molar-refractivity contribution in [1.82, 2.24) is 15.2 Å². The van der Waals surface area contributed by atoms with Crippen LogP contribution in [-0.4, -0.2) is 28.9 Å². The van der Waals surface area contributed by atoms with Gasteiger partial charge < -0.3 is 5.32 Å². The van der Waals surface area contributed by atoms with Gasteiger partial charge in [-0.3, -0.25) is 14.7 Å². The number of carbonyl (C=O) groups excluding carboxylic acids is 1. The van der Waals surface area contributed by atoms with Crippen LogP contribution in [0.5, 0.6) is 0 Å². The molecule has 2 aromatic rings. The van der Waals surface area contributed by atoms with Crippen LogP contribution >= 0.6 is 0 Å². The fourth-order valence-corrected chi connectivity index (χ4v) is 2.22. The number of rotatable bonds is 6. The molecule has 0 radical (unpaired) electrons. The number of aryl methyl sites for hydroxylation is 1. The number of hydrogen-bond donors (Lipinski definition) is 1. The molecule has 0 atom stereocenters. The summed E-state index contributed by atoms with van der Waals surface area (Å²) in [4.78, 5) is 18.7. The second-order valence-corrected chi connectivity index (χ2v) is 6.15. The molecule has 1 aromatic carbocycles. The first-order valence-corrected chi connectivity index (χ1v) is 7.95. The molecule has 0 aliphatic rings. The van der Waals surface area contributed by atoms with E-state index in [1.54, 1.807) is 12.3 Å². The summed E-state index contributed by atoms with van der Waals surface area (Å²) < 4.78 is 0. The Morgan fingerprint density at radius 2 is 1.87 bits per heavy atom. The van der Waals surface area contributed by atoms with Gasteiger partial charge >= 0.3 is 0 Å². The average Bonchev–Trinajstić information content (AvgIpc) is 2.54. The van der Waals surface area contributed by atoms with Crippen molar-refractivity contribution in [3.63, 3.8) is 0 Å². The molecule has 1 N–H and O–H groups in total. The van der Waals surface area contributed by atoms with Crippen molar-refractivity contribution in [3.8, 4) is 0 Å². The molecule has 0 bridgehead atoms. The first kappa shape index (κ1) is 17.2. The minimum atomic E-state index is -0.0930. The third-order valence-corrected chi connectivity index (χ3v) is 4.03. The Hall–Kier alpha value is -2.20. The van der Waals surface area contributed by atoms with Gasteiger partial charge in [0, 0.05) is 31.0 Å². The molecule has 0 spiro atoms. The van der Waals surface area contributed by atoms with Gasteiger partial charge in [0.2, 0.25) is 0 Å². The average molecular weight is 311 g/mol. The highest BCUT2D eigenvalue weighted by Crippen LogP contribution is 2.13. The zero-order valence-corrected chi connectivity index (χ0v) is 14.3. The lowest BCUT2D eigenvalue weighted by Gasteiger charge is -2.22. The van der Waals surface area contributed by atoms with E-state index >= 15 is 0 Å². The number of carbonyl (C=O) groups is 1. The van der Waals surface area contributed by atoms with Gasteiger partial charge in [-0.2, -0.15) is 0 Å². The number of hydrogen-bond acceptors (Lipinski definition) is 3. The van der Waals surface area contributed by atoms with Crippen molar-refractivity contribution in [3.05, 3.63) is 65.0 Å². The number of nitrogens with one attached hydrogen (secondary N) is 1. The molecule has 0 fully saturated rings. The third-order valence-electron chi connectivity index (χ3n) is 4.03. The number of pyridine rings is 1. The van der Waals surface area contributed by atoms with Gasteiger partial charge in [-0.25, -0.2) is 0 Å². The van der Waals surface area contributed by atoms with Crippen LogP contribution in [0.3, 0.4) is 0 Å². The van der Waals surface area contributed by atoms with Crippen LogP contribution in [0.25, 0.3) is 0 Å². The fraction of sp³-hybridized carbons (Fsp3) is 0.368. The SMILES string of the molecule is Cc1ccc(C(=O)NCc2ccccc2CN(C)C(C)C)cn1. The minimum absolute atomic E-state index is 0.0930. The molecule has 0 saturated carbocycles. The highest BCUT2D eigenvalue weighted by molar-refractivity contribution is 5.93. The topological polar surface area (TPSA) is 45.2 Å². The molecule has 1 aromatic heterocycles. The normalized spacial score (nSPS) is 11.0. The Morgan fingerprint density at radius 1 is 1.17 bits per heavy atom. The van der Waals surface area contributed by atoms with Gasteiger partial charge in [-0.05, 0) is 51.1 Å². The third kappa shape index (κ3) is 4.89. The van der Waals surface area contributed by atoms with Crippen LogP contribution in [0.2, 0.25) is 0 Å². The largest absolute Gasteiger partial charge is 0.348 e. The Bertz CT molecular complexity index is 650. The second kappa shape index (κ2) is 7.88. The van der Waals surface area contributed by atoms with Crippen molar-refractivity contribution in [2.45, 2.75) is 39.9 Å². The van der Waals surface area contributed by atoms with Gasteiger partial charge in [-0.15, -0.1) is 0 Å².